The van der Waals surface area contributed by atoms with Crippen LogP contribution in [-0.4, -0.2) is 39.3 Å². The average molecular weight is 644 g/mol. The Kier molecular flexibility index (Phi) is 10.6. The third-order valence-corrected chi connectivity index (χ3v) is 8.31. The molecule has 0 radical (unpaired) electrons. The summed E-state index contributed by atoms with van der Waals surface area (Å²) in [6, 6.07) is 38.8. The Morgan fingerprint density at radius 3 is 2.21 bits per heavy atom. The van der Waals surface area contributed by atoms with E-state index in [1.54, 1.807) is 30.5 Å². The maximum atomic E-state index is 13.7. The van der Waals surface area contributed by atoms with Crippen LogP contribution in [0.3, 0.4) is 0 Å². The normalized spacial score (nSPS) is 12.6. The number of rotatable bonds is 14. The molecule has 0 aliphatic rings. The van der Waals surface area contributed by atoms with E-state index >= 15 is 0 Å². The molecule has 0 aliphatic heterocycles. The fourth-order valence-corrected chi connectivity index (χ4v) is 5.71. The number of aliphatic hydroxyl groups is 2. The first-order valence-electron chi connectivity index (χ1n) is 15.9. The highest BCUT2D eigenvalue weighted by Crippen LogP contribution is 2.31. The molecule has 0 spiro atoms. The number of nitrogens with two attached hydrogens (primary N) is 1. The van der Waals surface area contributed by atoms with E-state index in [2.05, 4.69) is 9.88 Å². The summed E-state index contributed by atoms with van der Waals surface area (Å²) in [5.74, 6) is 1.42. The number of nitrogens with zero attached hydrogens (tertiary/aromatic N) is 2. The maximum Gasteiger partial charge on any atom is 0.142 e. The number of hydrogen-bond donors (Lipinski definition) is 3. The summed E-state index contributed by atoms with van der Waals surface area (Å²) in [5.41, 5.74) is 11.1. The van der Waals surface area contributed by atoms with E-state index in [0.717, 1.165) is 22.1 Å². The fraction of sp³-hybridized carbons (Fsp3) is 0.175. The van der Waals surface area contributed by atoms with Crippen molar-refractivity contribution < 1.29 is 24.1 Å². The lowest BCUT2D eigenvalue weighted by atomic mass is 10.0. The van der Waals surface area contributed by atoms with Gasteiger partial charge in [-0.1, -0.05) is 78.9 Å². The van der Waals surface area contributed by atoms with Crippen LogP contribution in [0.4, 0.5) is 10.1 Å². The van der Waals surface area contributed by atoms with Crippen molar-refractivity contribution in [2.24, 2.45) is 0 Å². The Bertz CT molecular complexity index is 1920. The first-order chi connectivity index (χ1) is 23.4. The van der Waals surface area contributed by atoms with Gasteiger partial charge in [-0.05, 0) is 71.1 Å². The molecule has 244 valence electrons. The zero-order chi connectivity index (χ0) is 33.3. The fourth-order valence-electron chi connectivity index (χ4n) is 5.71. The van der Waals surface area contributed by atoms with Crippen molar-refractivity contribution >= 4 is 16.6 Å². The van der Waals surface area contributed by atoms with E-state index in [1.807, 2.05) is 91.0 Å². The van der Waals surface area contributed by atoms with Gasteiger partial charge in [0.15, 0.2) is 0 Å². The minimum atomic E-state index is -0.854. The van der Waals surface area contributed by atoms with Gasteiger partial charge in [0.2, 0.25) is 0 Å². The molecular formula is C40H38FN3O4. The molecule has 7 nitrogen and oxygen atoms in total. The van der Waals surface area contributed by atoms with Crippen molar-refractivity contribution in [1.29, 1.82) is 0 Å². The number of aromatic nitrogens is 1. The van der Waals surface area contributed by atoms with E-state index in [-0.39, 0.29) is 25.0 Å². The van der Waals surface area contributed by atoms with E-state index in [9.17, 15) is 14.6 Å². The highest BCUT2D eigenvalue weighted by Gasteiger charge is 2.23. The molecule has 0 fully saturated rings. The Hall–Kier alpha value is -5.28. The van der Waals surface area contributed by atoms with Crippen LogP contribution < -0.4 is 15.2 Å². The van der Waals surface area contributed by atoms with Gasteiger partial charge >= 0.3 is 0 Å². The van der Waals surface area contributed by atoms with Crippen LogP contribution in [0.5, 0.6) is 17.2 Å². The third kappa shape index (κ3) is 8.35. The van der Waals surface area contributed by atoms with Crippen LogP contribution in [-0.2, 0) is 19.6 Å². The monoisotopic (exact) mass is 643 g/mol. The van der Waals surface area contributed by atoms with Crippen LogP contribution in [0.25, 0.3) is 10.9 Å². The summed E-state index contributed by atoms with van der Waals surface area (Å²) in [6.07, 6.45) is 1.28. The van der Waals surface area contributed by atoms with Gasteiger partial charge in [-0.25, -0.2) is 4.39 Å². The number of benzene rings is 5. The molecule has 6 aromatic rings. The quantitative estimate of drug-likeness (QED) is 0.106. The Balaban J connectivity index is 1.15. The van der Waals surface area contributed by atoms with Gasteiger partial charge in [0.05, 0.1) is 23.9 Å². The molecule has 5 aromatic carbocycles. The zero-order valence-electron chi connectivity index (χ0n) is 26.5. The standard InChI is InChI=1S/C40H38FN3O4/c41-32-14-17-35-37(23-32)43-20-19-39(35)48-34-15-11-28(12-16-34)21-33(26-45)44(24-29-7-3-1-4-8-29)25-38(46)31-13-18-40(36(42)22-31)47-27-30-9-5-2-6-10-30/h1-20,22-23,33,38,45-46H,21,24-27,42H2/t33-,38+/m0/s1. The van der Waals surface area contributed by atoms with Crippen LogP contribution in [0, 0.1) is 5.82 Å². The molecule has 4 N–H and O–H groups in total. The lowest BCUT2D eigenvalue weighted by Crippen LogP contribution is -2.41. The number of hydrogen-bond acceptors (Lipinski definition) is 7. The number of aliphatic hydroxyl groups excluding tert-OH is 2. The topological polar surface area (TPSA) is 101 Å². The molecule has 8 heteroatoms. The van der Waals surface area contributed by atoms with E-state index in [4.69, 9.17) is 15.2 Å². The summed E-state index contributed by atoms with van der Waals surface area (Å²) >= 11 is 0. The predicted molar refractivity (Wildman–Crippen MR) is 186 cm³/mol. The smallest absolute Gasteiger partial charge is 0.142 e. The Morgan fingerprint density at radius 2 is 1.50 bits per heavy atom. The van der Waals surface area contributed by atoms with Crippen molar-refractivity contribution in [1.82, 2.24) is 9.88 Å². The number of halogens is 1. The summed E-state index contributed by atoms with van der Waals surface area (Å²) in [5, 5.41) is 22.7. The molecule has 0 saturated heterocycles. The molecule has 2 atom stereocenters. The van der Waals surface area contributed by atoms with Gasteiger partial charge in [-0.3, -0.25) is 9.88 Å². The van der Waals surface area contributed by atoms with Crippen molar-refractivity contribution in [3.63, 3.8) is 0 Å². The molecule has 1 aromatic heterocycles. The first-order valence-corrected chi connectivity index (χ1v) is 15.9. The van der Waals surface area contributed by atoms with Crippen LogP contribution >= 0.6 is 0 Å². The van der Waals surface area contributed by atoms with E-state index in [1.165, 1.54) is 12.1 Å². The molecule has 0 saturated carbocycles. The lowest BCUT2D eigenvalue weighted by Gasteiger charge is -2.33. The van der Waals surface area contributed by atoms with Crippen LogP contribution in [0.2, 0.25) is 0 Å². The summed E-state index contributed by atoms with van der Waals surface area (Å²) in [7, 11) is 0. The summed E-state index contributed by atoms with van der Waals surface area (Å²) < 4.78 is 25.7. The minimum absolute atomic E-state index is 0.105. The average Bonchev–Trinajstić information content (AvgIpc) is 3.11. The summed E-state index contributed by atoms with van der Waals surface area (Å²) in [4.78, 5) is 6.33. The van der Waals surface area contributed by atoms with Crippen LogP contribution in [0.15, 0.2) is 134 Å². The molecule has 48 heavy (non-hydrogen) atoms. The van der Waals surface area contributed by atoms with Crippen molar-refractivity contribution in [2.45, 2.75) is 31.7 Å². The lowest BCUT2D eigenvalue weighted by molar-refractivity contribution is 0.0566. The second-order valence-electron chi connectivity index (χ2n) is 11.8. The number of fused-ring (bicyclic) bond motifs is 1. The predicted octanol–water partition coefficient (Wildman–Crippen LogP) is 7.47. The van der Waals surface area contributed by atoms with Crippen molar-refractivity contribution in [3.05, 3.63) is 162 Å². The molecule has 0 amide bonds. The number of ether oxygens (including phenoxy) is 2. The maximum absolute atomic E-state index is 13.7. The highest BCUT2D eigenvalue weighted by molar-refractivity contribution is 5.85. The molecule has 1 heterocycles. The number of nitrogen functional groups attached to an aromatic ring is 1. The summed E-state index contributed by atoms with van der Waals surface area (Å²) in [6.45, 7) is 1.10. The number of anilines is 1. The molecule has 0 aliphatic carbocycles. The molecular weight excluding hydrogens is 605 g/mol. The minimum Gasteiger partial charge on any atom is -0.487 e. The second kappa shape index (κ2) is 15.5. The van der Waals surface area contributed by atoms with Gasteiger partial charge in [-0.2, -0.15) is 0 Å². The first kappa shape index (κ1) is 32.7. The van der Waals surface area contributed by atoms with Gasteiger partial charge in [0, 0.05) is 36.8 Å². The van der Waals surface area contributed by atoms with Gasteiger partial charge in [0.25, 0.3) is 0 Å². The van der Waals surface area contributed by atoms with Crippen molar-refractivity contribution in [2.75, 3.05) is 18.9 Å². The molecule has 0 unspecified atom stereocenters. The number of pyridine rings is 1. The Morgan fingerprint density at radius 1 is 0.771 bits per heavy atom. The molecule has 0 bridgehead atoms. The molecule has 6 rings (SSSR count). The SMILES string of the molecule is Nc1cc([C@H](O)CN(Cc2ccccc2)[C@H](CO)Cc2ccc(Oc3ccnc4cc(F)ccc34)cc2)ccc1OCc1ccccc1. The second-order valence-corrected chi connectivity index (χ2v) is 11.8. The van der Waals surface area contributed by atoms with E-state index in [0.29, 0.717) is 53.6 Å². The largest absolute Gasteiger partial charge is 0.487 e. The zero-order valence-corrected chi connectivity index (χ0v) is 26.5. The van der Waals surface area contributed by atoms with Crippen molar-refractivity contribution in [3.8, 4) is 17.2 Å². The Labute approximate surface area is 279 Å². The third-order valence-electron chi connectivity index (χ3n) is 8.31. The van der Waals surface area contributed by atoms with E-state index < -0.39 is 6.10 Å². The van der Waals surface area contributed by atoms with Gasteiger partial charge in [-0.15, -0.1) is 0 Å². The van der Waals surface area contributed by atoms with Gasteiger partial charge < -0.3 is 25.4 Å². The van der Waals surface area contributed by atoms with Gasteiger partial charge in [0.1, 0.15) is 29.7 Å². The highest BCUT2D eigenvalue weighted by atomic mass is 19.1. The van der Waals surface area contributed by atoms with Crippen LogP contribution in [0.1, 0.15) is 28.4 Å².